The molecular formula is C15H26N4O7. The molecule has 0 bridgehead atoms. The van der Waals surface area contributed by atoms with E-state index in [1.807, 2.05) is 0 Å². The highest BCUT2D eigenvalue weighted by Gasteiger charge is 2.30. The molecule has 11 heteroatoms. The maximum atomic E-state index is 12.3. The van der Waals surface area contributed by atoms with E-state index in [9.17, 15) is 24.0 Å². The van der Waals surface area contributed by atoms with Crippen molar-refractivity contribution < 1.29 is 34.2 Å². The Morgan fingerprint density at radius 1 is 0.923 bits per heavy atom. The van der Waals surface area contributed by atoms with Crippen LogP contribution in [0.2, 0.25) is 0 Å². The van der Waals surface area contributed by atoms with Crippen molar-refractivity contribution in [2.24, 2.45) is 11.7 Å². The largest absolute Gasteiger partial charge is 0.481 e. The van der Waals surface area contributed by atoms with Gasteiger partial charge in [0.1, 0.15) is 18.1 Å². The van der Waals surface area contributed by atoms with Gasteiger partial charge in [-0.15, -0.1) is 0 Å². The fourth-order valence-electron chi connectivity index (χ4n) is 1.97. The molecule has 0 radical (unpaired) electrons. The summed E-state index contributed by atoms with van der Waals surface area (Å²) in [7, 11) is 0. The minimum absolute atomic E-state index is 0.294. The monoisotopic (exact) mass is 374 g/mol. The molecule has 0 aliphatic heterocycles. The second kappa shape index (κ2) is 11.0. The molecule has 0 saturated heterocycles. The third-order valence-electron chi connectivity index (χ3n) is 3.46. The lowest BCUT2D eigenvalue weighted by atomic mass is 10.0. The van der Waals surface area contributed by atoms with E-state index in [-0.39, 0.29) is 18.9 Å². The quantitative estimate of drug-likeness (QED) is 0.240. The van der Waals surface area contributed by atoms with E-state index in [0.717, 1.165) is 0 Å². The summed E-state index contributed by atoms with van der Waals surface area (Å²) in [5.41, 5.74) is 5.15. The van der Waals surface area contributed by atoms with Crippen molar-refractivity contribution in [2.45, 2.75) is 51.7 Å². The molecule has 3 amide bonds. The molecule has 148 valence electrons. The van der Waals surface area contributed by atoms with Gasteiger partial charge in [0.2, 0.25) is 17.7 Å². The molecular weight excluding hydrogens is 348 g/mol. The summed E-state index contributed by atoms with van der Waals surface area (Å²) >= 11 is 0. The lowest BCUT2D eigenvalue weighted by Gasteiger charge is -2.25. The van der Waals surface area contributed by atoms with Crippen LogP contribution in [0.1, 0.15) is 33.6 Å². The average molecular weight is 374 g/mol. The second-order valence-electron chi connectivity index (χ2n) is 6.06. The van der Waals surface area contributed by atoms with Gasteiger partial charge in [-0.05, 0) is 19.3 Å². The van der Waals surface area contributed by atoms with E-state index < -0.39 is 54.2 Å². The van der Waals surface area contributed by atoms with Crippen LogP contribution in [0.15, 0.2) is 0 Å². The van der Waals surface area contributed by atoms with Crippen LogP contribution in [0, 0.1) is 5.92 Å². The van der Waals surface area contributed by atoms with Gasteiger partial charge in [0.05, 0.1) is 6.54 Å². The van der Waals surface area contributed by atoms with Crippen LogP contribution in [0.25, 0.3) is 0 Å². The highest BCUT2D eigenvalue weighted by Crippen LogP contribution is 2.05. The van der Waals surface area contributed by atoms with E-state index in [1.54, 1.807) is 13.8 Å². The number of carboxylic acid groups (broad SMARTS) is 2. The summed E-state index contributed by atoms with van der Waals surface area (Å²) in [5, 5.41) is 24.7. The van der Waals surface area contributed by atoms with E-state index in [1.165, 1.54) is 6.92 Å². The summed E-state index contributed by atoms with van der Waals surface area (Å²) in [6, 6.07) is -3.40. The summed E-state index contributed by atoms with van der Waals surface area (Å²) in [6.45, 7) is 4.39. The average Bonchev–Trinajstić information content (AvgIpc) is 2.54. The Labute approximate surface area is 150 Å². The van der Waals surface area contributed by atoms with Gasteiger partial charge < -0.3 is 31.9 Å². The van der Waals surface area contributed by atoms with Gasteiger partial charge in [0, 0.05) is 6.42 Å². The smallest absolute Gasteiger partial charge is 0.326 e. The molecule has 3 unspecified atom stereocenters. The Kier molecular flexibility index (Phi) is 9.89. The summed E-state index contributed by atoms with van der Waals surface area (Å²) in [6.07, 6.45) is -0.726. The maximum absolute atomic E-state index is 12.3. The lowest BCUT2D eigenvalue weighted by Crippen LogP contribution is -2.57. The molecule has 0 aromatic heterocycles. The van der Waals surface area contributed by atoms with Crippen LogP contribution in [-0.4, -0.2) is 64.5 Å². The fourth-order valence-corrected chi connectivity index (χ4v) is 1.97. The lowest BCUT2D eigenvalue weighted by molar-refractivity contribution is -0.143. The van der Waals surface area contributed by atoms with Gasteiger partial charge in [0.15, 0.2) is 0 Å². The van der Waals surface area contributed by atoms with Crippen LogP contribution in [0.3, 0.4) is 0 Å². The summed E-state index contributed by atoms with van der Waals surface area (Å²) in [4.78, 5) is 57.4. The third kappa shape index (κ3) is 8.42. The van der Waals surface area contributed by atoms with Crippen molar-refractivity contribution in [2.75, 3.05) is 6.54 Å². The topological polar surface area (TPSA) is 188 Å². The van der Waals surface area contributed by atoms with Crippen LogP contribution in [-0.2, 0) is 24.0 Å². The maximum Gasteiger partial charge on any atom is 0.326 e. The SMILES string of the molecule is CC(NC(=O)CN)C(=O)NC(C(=O)NC(CCC(=O)O)C(=O)O)C(C)C. The van der Waals surface area contributed by atoms with Crippen LogP contribution >= 0.6 is 0 Å². The number of carboxylic acids is 2. The first-order valence-electron chi connectivity index (χ1n) is 8.04. The number of hydrogen-bond donors (Lipinski definition) is 6. The number of rotatable bonds is 11. The molecule has 26 heavy (non-hydrogen) atoms. The normalized spacial score (nSPS) is 14.0. The number of amides is 3. The molecule has 3 atom stereocenters. The molecule has 0 spiro atoms. The van der Waals surface area contributed by atoms with E-state index in [0.29, 0.717) is 0 Å². The summed E-state index contributed by atoms with van der Waals surface area (Å²) < 4.78 is 0. The molecule has 11 nitrogen and oxygen atoms in total. The standard InChI is InChI=1S/C15H26N4O7/c1-7(2)12(19-13(23)8(3)17-10(20)6-16)14(24)18-9(15(25)26)4-5-11(21)22/h7-9,12H,4-6,16H2,1-3H3,(H,17,20)(H,18,24)(H,19,23)(H,21,22)(H,25,26). The highest BCUT2D eigenvalue weighted by molar-refractivity contribution is 5.93. The van der Waals surface area contributed by atoms with Gasteiger partial charge in [0.25, 0.3) is 0 Å². The number of nitrogens with two attached hydrogens (primary N) is 1. The minimum Gasteiger partial charge on any atom is -0.481 e. The first-order chi connectivity index (χ1) is 12.0. The minimum atomic E-state index is -1.40. The third-order valence-corrected chi connectivity index (χ3v) is 3.46. The van der Waals surface area contributed by atoms with Crippen LogP contribution < -0.4 is 21.7 Å². The molecule has 0 aromatic rings. The van der Waals surface area contributed by atoms with Crippen molar-refractivity contribution >= 4 is 29.7 Å². The van der Waals surface area contributed by atoms with Gasteiger partial charge >= 0.3 is 11.9 Å². The molecule has 0 aliphatic carbocycles. The molecule has 7 N–H and O–H groups in total. The molecule has 0 rings (SSSR count). The highest BCUT2D eigenvalue weighted by atomic mass is 16.4. The Balaban J connectivity index is 4.97. The molecule has 0 fully saturated rings. The van der Waals surface area contributed by atoms with Crippen molar-refractivity contribution in [3.63, 3.8) is 0 Å². The number of hydrogen-bond acceptors (Lipinski definition) is 6. The predicted molar refractivity (Wildman–Crippen MR) is 89.9 cm³/mol. The molecule has 0 saturated carbocycles. The van der Waals surface area contributed by atoms with Gasteiger partial charge in [-0.1, -0.05) is 13.8 Å². The van der Waals surface area contributed by atoms with Crippen LogP contribution in [0.4, 0.5) is 0 Å². The Hall–Kier alpha value is -2.69. The van der Waals surface area contributed by atoms with E-state index in [2.05, 4.69) is 16.0 Å². The summed E-state index contributed by atoms with van der Waals surface area (Å²) in [5.74, 6) is -4.90. The van der Waals surface area contributed by atoms with Gasteiger partial charge in [-0.3, -0.25) is 19.2 Å². The first-order valence-corrected chi connectivity index (χ1v) is 8.04. The number of carbonyl (C=O) groups is 5. The van der Waals surface area contributed by atoms with E-state index in [4.69, 9.17) is 15.9 Å². The van der Waals surface area contributed by atoms with Crippen molar-refractivity contribution in [1.82, 2.24) is 16.0 Å². The van der Waals surface area contributed by atoms with Gasteiger partial charge in [-0.25, -0.2) is 4.79 Å². The van der Waals surface area contributed by atoms with Crippen molar-refractivity contribution in [1.29, 1.82) is 0 Å². The van der Waals surface area contributed by atoms with Crippen molar-refractivity contribution in [3.05, 3.63) is 0 Å². The van der Waals surface area contributed by atoms with E-state index >= 15 is 0 Å². The Bertz CT molecular complexity index is 550. The second-order valence-corrected chi connectivity index (χ2v) is 6.06. The van der Waals surface area contributed by atoms with Gasteiger partial charge in [-0.2, -0.15) is 0 Å². The molecule has 0 aliphatic rings. The zero-order valence-corrected chi connectivity index (χ0v) is 14.9. The molecule has 0 heterocycles. The fraction of sp³-hybridized carbons (Fsp3) is 0.667. The zero-order valence-electron chi connectivity index (χ0n) is 14.9. The van der Waals surface area contributed by atoms with Crippen molar-refractivity contribution in [3.8, 4) is 0 Å². The number of carbonyl (C=O) groups excluding carboxylic acids is 3. The zero-order chi connectivity index (χ0) is 20.4. The number of nitrogens with one attached hydrogen (secondary N) is 3. The number of aliphatic carboxylic acids is 2. The Morgan fingerprint density at radius 2 is 1.50 bits per heavy atom. The molecule has 0 aromatic carbocycles. The van der Waals surface area contributed by atoms with Crippen LogP contribution in [0.5, 0.6) is 0 Å². The predicted octanol–water partition coefficient (Wildman–Crippen LogP) is -1.98. The first kappa shape index (κ1) is 23.3. The Morgan fingerprint density at radius 3 is 1.92 bits per heavy atom.